The molecule has 0 saturated heterocycles. The number of rotatable bonds is 6. The summed E-state index contributed by atoms with van der Waals surface area (Å²) < 4.78 is 0. The summed E-state index contributed by atoms with van der Waals surface area (Å²) in [6.45, 7) is 2.87. The average molecular weight is 218 g/mol. The van der Waals surface area contributed by atoms with E-state index < -0.39 is 0 Å². The van der Waals surface area contributed by atoms with E-state index in [1.165, 1.54) is 0 Å². The van der Waals surface area contributed by atoms with Crippen molar-refractivity contribution in [3.8, 4) is 6.07 Å². The van der Waals surface area contributed by atoms with Crippen molar-refractivity contribution in [3.63, 3.8) is 0 Å². The third kappa shape index (κ3) is 4.87. The Bertz CT molecular complexity index is 354. The van der Waals surface area contributed by atoms with Crippen molar-refractivity contribution in [2.45, 2.75) is 13.0 Å². The number of nitrogens with zero attached hydrogens (tertiary/aromatic N) is 3. The maximum Gasteiger partial charge on any atom is 0.140 e. The predicted octanol–water partition coefficient (Wildman–Crippen LogP) is 0.995. The molecule has 0 aromatic carbocycles. The molecule has 0 unspecified atom stereocenters. The molecule has 0 fully saturated rings. The van der Waals surface area contributed by atoms with Gasteiger partial charge in [0.05, 0.1) is 0 Å². The molecule has 0 spiro atoms. The summed E-state index contributed by atoms with van der Waals surface area (Å²) >= 11 is 0. The Labute approximate surface area is 96.9 Å². The molecule has 86 valence electrons. The lowest BCUT2D eigenvalue weighted by Gasteiger charge is -2.09. The van der Waals surface area contributed by atoms with Crippen molar-refractivity contribution in [3.05, 3.63) is 29.6 Å². The molecule has 1 rings (SSSR count). The second kappa shape index (κ2) is 6.94. The van der Waals surface area contributed by atoms with Crippen LogP contribution in [-0.4, -0.2) is 37.1 Å². The lowest BCUT2D eigenvalue weighted by Crippen LogP contribution is -2.21. The first kappa shape index (κ1) is 12.6. The fourth-order valence-electron chi connectivity index (χ4n) is 1.40. The third-order valence-electron chi connectivity index (χ3n) is 2.23. The zero-order chi connectivity index (χ0) is 11.8. The van der Waals surface area contributed by atoms with Gasteiger partial charge in [-0.25, -0.2) is 4.98 Å². The van der Waals surface area contributed by atoms with Crippen molar-refractivity contribution in [2.75, 3.05) is 27.2 Å². The third-order valence-corrected chi connectivity index (χ3v) is 2.23. The molecule has 4 nitrogen and oxygen atoms in total. The number of pyridine rings is 1. The van der Waals surface area contributed by atoms with E-state index in [0.717, 1.165) is 31.6 Å². The van der Waals surface area contributed by atoms with Gasteiger partial charge in [-0.15, -0.1) is 0 Å². The Hall–Kier alpha value is -1.44. The van der Waals surface area contributed by atoms with Crippen LogP contribution >= 0.6 is 0 Å². The van der Waals surface area contributed by atoms with Gasteiger partial charge in [-0.05, 0) is 51.3 Å². The van der Waals surface area contributed by atoms with Gasteiger partial charge in [0.2, 0.25) is 0 Å². The Kier molecular flexibility index (Phi) is 5.48. The minimum absolute atomic E-state index is 0.479. The van der Waals surface area contributed by atoms with Crippen LogP contribution in [0, 0.1) is 11.3 Å². The zero-order valence-corrected chi connectivity index (χ0v) is 9.90. The quantitative estimate of drug-likeness (QED) is 0.724. The topological polar surface area (TPSA) is 52.0 Å². The predicted molar refractivity (Wildman–Crippen MR) is 63.8 cm³/mol. The van der Waals surface area contributed by atoms with Crippen molar-refractivity contribution in [1.82, 2.24) is 15.2 Å². The maximum atomic E-state index is 8.69. The zero-order valence-electron chi connectivity index (χ0n) is 9.90. The van der Waals surface area contributed by atoms with E-state index in [4.69, 9.17) is 5.26 Å². The maximum absolute atomic E-state index is 8.69. The molecule has 1 N–H and O–H groups in total. The van der Waals surface area contributed by atoms with Crippen LogP contribution in [0.4, 0.5) is 0 Å². The number of hydrogen-bond acceptors (Lipinski definition) is 4. The van der Waals surface area contributed by atoms with Crippen LogP contribution in [0.15, 0.2) is 18.3 Å². The van der Waals surface area contributed by atoms with Gasteiger partial charge in [0.1, 0.15) is 11.8 Å². The highest BCUT2D eigenvalue weighted by Gasteiger charge is 1.96. The molecule has 1 aromatic heterocycles. The minimum Gasteiger partial charge on any atom is -0.313 e. The minimum atomic E-state index is 0.479. The SMILES string of the molecule is CN(C)CCCNCc1ccnc(C#N)c1. The summed E-state index contributed by atoms with van der Waals surface area (Å²) in [4.78, 5) is 6.10. The van der Waals surface area contributed by atoms with Crippen LogP contribution in [-0.2, 0) is 6.54 Å². The molecule has 0 bridgehead atoms. The Morgan fingerprint density at radius 1 is 1.50 bits per heavy atom. The van der Waals surface area contributed by atoms with E-state index in [0.29, 0.717) is 5.69 Å². The van der Waals surface area contributed by atoms with Gasteiger partial charge in [0.25, 0.3) is 0 Å². The first-order valence-electron chi connectivity index (χ1n) is 5.43. The van der Waals surface area contributed by atoms with Gasteiger partial charge < -0.3 is 10.2 Å². The van der Waals surface area contributed by atoms with Crippen LogP contribution in [0.3, 0.4) is 0 Å². The molecule has 1 heterocycles. The summed E-state index contributed by atoms with van der Waals surface area (Å²) in [5.41, 5.74) is 1.59. The van der Waals surface area contributed by atoms with Crippen molar-refractivity contribution in [2.24, 2.45) is 0 Å². The lowest BCUT2D eigenvalue weighted by atomic mass is 10.2. The molecule has 0 aliphatic carbocycles. The van der Waals surface area contributed by atoms with Crippen LogP contribution in [0.5, 0.6) is 0 Å². The second-order valence-electron chi connectivity index (χ2n) is 3.99. The summed E-state index contributed by atoms with van der Waals surface area (Å²) in [5, 5.41) is 12.0. The number of aromatic nitrogens is 1. The fraction of sp³-hybridized carbons (Fsp3) is 0.500. The Morgan fingerprint density at radius 3 is 3.00 bits per heavy atom. The molecule has 0 aliphatic rings. The number of hydrogen-bond donors (Lipinski definition) is 1. The average Bonchev–Trinajstić information content (AvgIpc) is 2.28. The normalized spacial score (nSPS) is 10.4. The monoisotopic (exact) mass is 218 g/mol. The largest absolute Gasteiger partial charge is 0.313 e. The molecule has 0 radical (unpaired) electrons. The second-order valence-corrected chi connectivity index (χ2v) is 3.99. The Morgan fingerprint density at radius 2 is 2.31 bits per heavy atom. The highest BCUT2D eigenvalue weighted by atomic mass is 15.0. The van der Waals surface area contributed by atoms with Crippen LogP contribution in [0.1, 0.15) is 17.7 Å². The molecule has 1 aromatic rings. The van der Waals surface area contributed by atoms with Crippen molar-refractivity contribution >= 4 is 0 Å². The van der Waals surface area contributed by atoms with Crippen molar-refractivity contribution < 1.29 is 0 Å². The number of nitrogens with one attached hydrogen (secondary N) is 1. The van der Waals surface area contributed by atoms with Gasteiger partial charge in [0, 0.05) is 12.7 Å². The smallest absolute Gasteiger partial charge is 0.140 e. The van der Waals surface area contributed by atoms with Gasteiger partial charge in [0.15, 0.2) is 0 Å². The first-order valence-corrected chi connectivity index (χ1v) is 5.43. The van der Waals surface area contributed by atoms with Gasteiger partial charge in [-0.3, -0.25) is 0 Å². The molecule has 4 heteroatoms. The van der Waals surface area contributed by atoms with Crippen molar-refractivity contribution in [1.29, 1.82) is 5.26 Å². The van der Waals surface area contributed by atoms with Gasteiger partial charge in [-0.2, -0.15) is 5.26 Å². The van der Waals surface area contributed by atoms with E-state index in [-0.39, 0.29) is 0 Å². The molecule has 0 aliphatic heterocycles. The fourth-order valence-corrected chi connectivity index (χ4v) is 1.40. The molecule has 16 heavy (non-hydrogen) atoms. The molecule has 0 saturated carbocycles. The first-order chi connectivity index (χ1) is 7.72. The molecular weight excluding hydrogens is 200 g/mol. The summed E-state index contributed by atoms with van der Waals surface area (Å²) in [5.74, 6) is 0. The molecular formula is C12H18N4. The molecule has 0 atom stereocenters. The van der Waals surface area contributed by atoms with E-state index in [1.54, 1.807) is 6.20 Å². The number of nitriles is 1. The van der Waals surface area contributed by atoms with E-state index >= 15 is 0 Å². The van der Waals surface area contributed by atoms with Gasteiger partial charge in [-0.1, -0.05) is 0 Å². The summed E-state index contributed by atoms with van der Waals surface area (Å²) in [7, 11) is 4.14. The van der Waals surface area contributed by atoms with Gasteiger partial charge >= 0.3 is 0 Å². The van der Waals surface area contributed by atoms with E-state index in [2.05, 4.69) is 29.3 Å². The van der Waals surface area contributed by atoms with Crippen LogP contribution < -0.4 is 5.32 Å². The summed E-state index contributed by atoms with van der Waals surface area (Å²) in [6.07, 6.45) is 2.80. The highest BCUT2D eigenvalue weighted by Crippen LogP contribution is 2.00. The molecule has 0 amide bonds. The van der Waals surface area contributed by atoms with Crippen LogP contribution in [0.2, 0.25) is 0 Å². The van der Waals surface area contributed by atoms with E-state index in [1.807, 2.05) is 18.2 Å². The standard InChI is InChI=1S/C12H18N4/c1-16(2)7-3-5-14-10-11-4-6-15-12(8-11)9-13/h4,6,8,14H,3,5,7,10H2,1-2H3. The van der Waals surface area contributed by atoms with Crippen LogP contribution in [0.25, 0.3) is 0 Å². The lowest BCUT2D eigenvalue weighted by molar-refractivity contribution is 0.394. The summed E-state index contributed by atoms with van der Waals surface area (Å²) in [6, 6.07) is 5.79. The Balaban J connectivity index is 2.24. The van der Waals surface area contributed by atoms with E-state index in [9.17, 15) is 0 Å². The highest BCUT2D eigenvalue weighted by molar-refractivity contribution is 5.25.